The van der Waals surface area contributed by atoms with Crippen LogP contribution < -0.4 is 5.32 Å². The topological polar surface area (TPSA) is 17.0 Å². The molecule has 2 atom stereocenters. The molecule has 2 unspecified atom stereocenters. The van der Waals surface area contributed by atoms with Crippen molar-refractivity contribution in [2.45, 2.75) is 64.5 Å². The van der Waals surface area contributed by atoms with Crippen LogP contribution >= 0.6 is 0 Å². The minimum absolute atomic E-state index is 0.715. The van der Waals surface area contributed by atoms with Crippen LogP contribution in [0.25, 0.3) is 10.9 Å². The van der Waals surface area contributed by atoms with Gasteiger partial charge in [0.05, 0.1) is 0 Å². The quantitative estimate of drug-likeness (QED) is 0.843. The van der Waals surface area contributed by atoms with Crippen LogP contribution in [0.5, 0.6) is 0 Å². The number of hydrogen-bond acceptors (Lipinski definition) is 1. The Morgan fingerprint density at radius 2 is 2.05 bits per heavy atom. The third kappa shape index (κ3) is 3.01. The van der Waals surface area contributed by atoms with E-state index in [0.717, 1.165) is 19.0 Å². The van der Waals surface area contributed by atoms with E-state index in [1.54, 1.807) is 5.56 Å². The first-order valence-electron chi connectivity index (χ1n) is 8.64. The predicted molar refractivity (Wildman–Crippen MR) is 90.9 cm³/mol. The summed E-state index contributed by atoms with van der Waals surface area (Å²) in [6, 6.07) is 9.62. The molecule has 114 valence electrons. The average molecular weight is 284 g/mol. The predicted octanol–water partition coefficient (Wildman–Crippen LogP) is 4.69. The third-order valence-corrected chi connectivity index (χ3v) is 4.96. The second-order valence-corrected chi connectivity index (χ2v) is 6.40. The molecule has 21 heavy (non-hydrogen) atoms. The lowest BCUT2D eigenvalue weighted by Crippen LogP contribution is -2.33. The summed E-state index contributed by atoms with van der Waals surface area (Å²) >= 11 is 0. The minimum Gasteiger partial charge on any atom is -0.347 e. The molecule has 0 amide bonds. The standard InChI is InChI=1S/C19H28N2/c1-3-12-20-16-9-7-8-15(13-16)18-14-21(4-2)19-11-6-5-10-17(18)19/h5-6,10-11,14-16,20H,3-4,7-9,12-13H2,1-2H3. The fourth-order valence-corrected chi connectivity index (χ4v) is 3.87. The van der Waals surface area contributed by atoms with Crippen LogP contribution in [0.2, 0.25) is 0 Å². The lowest BCUT2D eigenvalue weighted by Gasteiger charge is -2.30. The maximum atomic E-state index is 3.73. The van der Waals surface area contributed by atoms with E-state index in [1.165, 1.54) is 43.0 Å². The van der Waals surface area contributed by atoms with E-state index in [9.17, 15) is 0 Å². The van der Waals surface area contributed by atoms with Crippen molar-refractivity contribution in [2.24, 2.45) is 0 Å². The van der Waals surface area contributed by atoms with E-state index in [1.807, 2.05) is 0 Å². The van der Waals surface area contributed by atoms with Gasteiger partial charge in [-0.15, -0.1) is 0 Å². The lowest BCUT2D eigenvalue weighted by atomic mass is 9.81. The van der Waals surface area contributed by atoms with Crippen molar-refractivity contribution >= 4 is 10.9 Å². The van der Waals surface area contributed by atoms with Gasteiger partial charge in [0.2, 0.25) is 0 Å². The molecule has 1 heterocycles. The fourth-order valence-electron chi connectivity index (χ4n) is 3.87. The molecule has 0 aliphatic heterocycles. The second kappa shape index (κ2) is 6.65. The molecule has 0 radical (unpaired) electrons. The van der Waals surface area contributed by atoms with Crippen LogP contribution in [0.1, 0.15) is 57.4 Å². The maximum Gasteiger partial charge on any atom is 0.0483 e. The molecular weight excluding hydrogens is 256 g/mol. The Bertz CT molecular complexity index is 584. The van der Waals surface area contributed by atoms with Crippen molar-refractivity contribution in [2.75, 3.05) is 6.54 Å². The van der Waals surface area contributed by atoms with Crippen LogP contribution in [0.4, 0.5) is 0 Å². The molecule has 2 aromatic rings. The van der Waals surface area contributed by atoms with Gasteiger partial charge in [-0.3, -0.25) is 0 Å². The first-order valence-corrected chi connectivity index (χ1v) is 8.64. The van der Waals surface area contributed by atoms with Crippen molar-refractivity contribution in [3.05, 3.63) is 36.0 Å². The molecule has 1 aromatic heterocycles. The average Bonchev–Trinajstić information content (AvgIpc) is 2.92. The van der Waals surface area contributed by atoms with Crippen molar-refractivity contribution in [3.63, 3.8) is 0 Å². The summed E-state index contributed by atoms with van der Waals surface area (Å²) in [5, 5.41) is 5.21. The SMILES string of the molecule is CCCNC1CCCC(c2cn(CC)c3ccccc23)C1. The van der Waals surface area contributed by atoms with E-state index >= 15 is 0 Å². The van der Waals surface area contributed by atoms with Gasteiger partial charge in [-0.2, -0.15) is 0 Å². The highest BCUT2D eigenvalue weighted by Crippen LogP contribution is 2.37. The molecule has 0 saturated heterocycles. The zero-order valence-corrected chi connectivity index (χ0v) is 13.4. The normalized spacial score (nSPS) is 22.8. The largest absolute Gasteiger partial charge is 0.347 e. The molecule has 2 nitrogen and oxygen atoms in total. The van der Waals surface area contributed by atoms with Gasteiger partial charge in [0, 0.05) is 29.7 Å². The number of nitrogens with zero attached hydrogens (tertiary/aromatic N) is 1. The Balaban J connectivity index is 1.86. The van der Waals surface area contributed by atoms with Gasteiger partial charge in [-0.25, -0.2) is 0 Å². The highest BCUT2D eigenvalue weighted by atomic mass is 15.0. The van der Waals surface area contributed by atoms with Gasteiger partial charge in [0.1, 0.15) is 0 Å². The molecule has 1 N–H and O–H groups in total. The first-order chi connectivity index (χ1) is 10.3. The van der Waals surface area contributed by atoms with Crippen LogP contribution in [0, 0.1) is 0 Å². The summed E-state index contributed by atoms with van der Waals surface area (Å²) in [5.41, 5.74) is 2.98. The molecule has 1 fully saturated rings. The van der Waals surface area contributed by atoms with Crippen molar-refractivity contribution in [1.29, 1.82) is 0 Å². The van der Waals surface area contributed by atoms with E-state index in [2.05, 4.69) is 54.2 Å². The van der Waals surface area contributed by atoms with Gasteiger partial charge in [-0.1, -0.05) is 31.5 Å². The summed E-state index contributed by atoms with van der Waals surface area (Å²) in [6.45, 7) is 6.71. The molecule has 2 heteroatoms. The van der Waals surface area contributed by atoms with Gasteiger partial charge in [0.15, 0.2) is 0 Å². The van der Waals surface area contributed by atoms with Gasteiger partial charge < -0.3 is 9.88 Å². The molecule has 0 bridgehead atoms. The van der Waals surface area contributed by atoms with Crippen LogP contribution in [-0.4, -0.2) is 17.2 Å². The van der Waals surface area contributed by atoms with Crippen molar-refractivity contribution < 1.29 is 0 Å². The number of nitrogens with one attached hydrogen (secondary N) is 1. The number of aryl methyl sites for hydroxylation is 1. The van der Waals surface area contributed by atoms with Crippen molar-refractivity contribution in [1.82, 2.24) is 9.88 Å². The first kappa shape index (κ1) is 14.6. The smallest absolute Gasteiger partial charge is 0.0483 e. The molecule has 0 spiro atoms. The van der Waals surface area contributed by atoms with Crippen LogP contribution in [0.3, 0.4) is 0 Å². The van der Waals surface area contributed by atoms with E-state index in [0.29, 0.717) is 6.04 Å². The minimum atomic E-state index is 0.715. The summed E-state index contributed by atoms with van der Waals surface area (Å²) < 4.78 is 2.41. The fraction of sp³-hybridized carbons (Fsp3) is 0.579. The van der Waals surface area contributed by atoms with E-state index in [4.69, 9.17) is 0 Å². The summed E-state index contributed by atoms with van der Waals surface area (Å²) in [5.74, 6) is 0.728. The van der Waals surface area contributed by atoms with E-state index in [-0.39, 0.29) is 0 Å². The number of benzene rings is 1. The highest BCUT2D eigenvalue weighted by molar-refractivity contribution is 5.84. The highest BCUT2D eigenvalue weighted by Gasteiger charge is 2.25. The Morgan fingerprint density at radius 3 is 2.86 bits per heavy atom. The zero-order chi connectivity index (χ0) is 14.7. The molecule has 1 aliphatic rings. The number of fused-ring (bicyclic) bond motifs is 1. The maximum absolute atomic E-state index is 3.73. The summed E-state index contributed by atoms with van der Waals surface area (Å²) in [7, 11) is 0. The Labute approximate surface area is 128 Å². The monoisotopic (exact) mass is 284 g/mol. The van der Waals surface area contributed by atoms with Gasteiger partial charge in [0.25, 0.3) is 0 Å². The van der Waals surface area contributed by atoms with Gasteiger partial charge >= 0.3 is 0 Å². The number of para-hydroxylation sites is 1. The Kier molecular flexibility index (Phi) is 4.64. The van der Waals surface area contributed by atoms with Crippen LogP contribution in [0.15, 0.2) is 30.5 Å². The summed E-state index contributed by atoms with van der Waals surface area (Å²) in [4.78, 5) is 0. The van der Waals surface area contributed by atoms with Crippen molar-refractivity contribution in [3.8, 4) is 0 Å². The number of hydrogen-bond donors (Lipinski definition) is 1. The van der Waals surface area contributed by atoms with Crippen LogP contribution in [-0.2, 0) is 6.54 Å². The Morgan fingerprint density at radius 1 is 1.19 bits per heavy atom. The molecule has 1 saturated carbocycles. The van der Waals surface area contributed by atoms with Gasteiger partial charge in [-0.05, 0) is 56.7 Å². The second-order valence-electron chi connectivity index (χ2n) is 6.40. The number of rotatable bonds is 5. The molecule has 1 aliphatic carbocycles. The third-order valence-electron chi connectivity index (χ3n) is 4.96. The molecule has 3 rings (SSSR count). The Hall–Kier alpha value is -1.28. The molecular formula is C19H28N2. The molecule has 1 aromatic carbocycles. The zero-order valence-electron chi connectivity index (χ0n) is 13.4. The van der Waals surface area contributed by atoms with E-state index < -0.39 is 0 Å². The summed E-state index contributed by atoms with van der Waals surface area (Å²) in [6.07, 6.45) is 9.01. The number of aromatic nitrogens is 1. The lowest BCUT2D eigenvalue weighted by molar-refractivity contribution is 0.341.